The van der Waals surface area contributed by atoms with Crippen LogP contribution in [0, 0.1) is 0 Å². The molecule has 5 heteroatoms. The number of amides is 1. The van der Waals surface area contributed by atoms with Crippen molar-refractivity contribution in [3.63, 3.8) is 0 Å². The SMILES string of the molecule is CCCOCCCNC(=O)c1ccc(Cl)c(Br)c1. The molecule has 1 rings (SSSR count). The molecule has 0 unspecified atom stereocenters. The maximum Gasteiger partial charge on any atom is 0.251 e. The van der Waals surface area contributed by atoms with Crippen molar-refractivity contribution in [3.05, 3.63) is 33.3 Å². The smallest absolute Gasteiger partial charge is 0.251 e. The Labute approximate surface area is 121 Å². The van der Waals surface area contributed by atoms with Crippen LogP contribution in [0.25, 0.3) is 0 Å². The Kier molecular flexibility index (Phi) is 7.32. The zero-order valence-electron chi connectivity index (χ0n) is 10.3. The van der Waals surface area contributed by atoms with Gasteiger partial charge in [0.15, 0.2) is 0 Å². The van der Waals surface area contributed by atoms with Crippen molar-refractivity contribution < 1.29 is 9.53 Å². The number of rotatable bonds is 7. The molecule has 18 heavy (non-hydrogen) atoms. The van der Waals surface area contributed by atoms with E-state index in [1.54, 1.807) is 18.2 Å². The van der Waals surface area contributed by atoms with Crippen LogP contribution < -0.4 is 5.32 Å². The fourth-order valence-corrected chi connectivity index (χ4v) is 1.86. The highest BCUT2D eigenvalue weighted by Crippen LogP contribution is 2.23. The molecular weight excluding hydrogens is 318 g/mol. The number of ether oxygens (including phenoxy) is 1. The van der Waals surface area contributed by atoms with Crippen molar-refractivity contribution in [2.24, 2.45) is 0 Å². The van der Waals surface area contributed by atoms with E-state index < -0.39 is 0 Å². The first-order valence-electron chi connectivity index (χ1n) is 5.96. The molecule has 0 aliphatic rings. The van der Waals surface area contributed by atoms with Gasteiger partial charge in [0.1, 0.15) is 0 Å². The van der Waals surface area contributed by atoms with E-state index in [1.165, 1.54) is 0 Å². The van der Waals surface area contributed by atoms with Gasteiger partial charge in [0, 0.05) is 29.8 Å². The van der Waals surface area contributed by atoms with Crippen LogP contribution in [0.1, 0.15) is 30.1 Å². The number of carbonyl (C=O) groups excluding carboxylic acids is 1. The zero-order valence-corrected chi connectivity index (χ0v) is 12.7. The van der Waals surface area contributed by atoms with Crippen molar-refractivity contribution >= 4 is 33.4 Å². The summed E-state index contributed by atoms with van der Waals surface area (Å²) < 4.78 is 6.05. The molecule has 0 atom stereocenters. The largest absolute Gasteiger partial charge is 0.381 e. The van der Waals surface area contributed by atoms with Crippen molar-refractivity contribution in [3.8, 4) is 0 Å². The summed E-state index contributed by atoms with van der Waals surface area (Å²) in [5, 5.41) is 3.44. The molecule has 0 saturated carbocycles. The maximum atomic E-state index is 11.8. The maximum absolute atomic E-state index is 11.8. The van der Waals surface area contributed by atoms with Crippen molar-refractivity contribution in [2.75, 3.05) is 19.8 Å². The predicted molar refractivity (Wildman–Crippen MR) is 77.2 cm³/mol. The van der Waals surface area contributed by atoms with Crippen molar-refractivity contribution in [1.82, 2.24) is 5.32 Å². The quantitative estimate of drug-likeness (QED) is 0.773. The van der Waals surface area contributed by atoms with Crippen LogP contribution in [-0.4, -0.2) is 25.7 Å². The molecule has 0 radical (unpaired) electrons. The van der Waals surface area contributed by atoms with Gasteiger partial charge >= 0.3 is 0 Å². The Morgan fingerprint density at radius 2 is 2.22 bits per heavy atom. The van der Waals surface area contributed by atoms with E-state index in [1.807, 2.05) is 0 Å². The molecule has 0 heterocycles. The molecule has 0 saturated heterocycles. The fourth-order valence-electron chi connectivity index (χ4n) is 1.36. The van der Waals surface area contributed by atoms with Gasteiger partial charge in [0.05, 0.1) is 5.02 Å². The molecule has 1 amide bonds. The fraction of sp³-hybridized carbons (Fsp3) is 0.462. The lowest BCUT2D eigenvalue weighted by Gasteiger charge is -2.06. The molecule has 0 bridgehead atoms. The lowest BCUT2D eigenvalue weighted by atomic mass is 10.2. The summed E-state index contributed by atoms with van der Waals surface area (Å²) in [5.41, 5.74) is 0.598. The summed E-state index contributed by atoms with van der Waals surface area (Å²) in [6.45, 7) is 4.14. The minimum Gasteiger partial charge on any atom is -0.381 e. The standard InChI is InChI=1S/C13H17BrClNO2/c1-2-7-18-8-3-6-16-13(17)10-4-5-12(15)11(14)9-10/h4-5,9H,2-3,6-8H2,1H3,(H,16,17). The van der Waals surface area contributed by atoms with Gasteiger partial charge in [-0.05, 0) is 47.0 Å². The van der Waals surface area contributed by atoms with Gasteiger partial charge in [0.2, 0.25) is 0 Å². The highest BCUT2D eigenvalue weighted by atomic mass is 79.9. The topological polar surface area (TPSA) is 38.3 Å². The Balaban J connectivity index is 2.30. The second-order valence-corrected chi connectivity index (χ2v) is 5.11. The molecule has 1 aromatic carbocycles. The minimum absolute atomic E-state index is 0.0946. The summed E-state index contributed by atoms with van der Waals surface area (Å²) in [4.78, 5) is 11.8. The first-order chi connectivity index (χ1) is 8.65. The Hall–Kier alpha value is -0.580. The lowest BCUT2D eigenvalue weighted by Crippen LogP contribution is -2.25. The van der Waals surface area contributed by atoms with E-state index in [4.69, 9.17) is 16.3 Å². The monoisotopic (exact) mass is 333 g/mol. The van der Waals surface area contributed by atoms with Gasteiger partial charge in [0.25, 0.3) is 5.91 Å². The molecule has 100 valence electrons. The van der Waals surface area contributed by atoms with Gasteiger partial charge in [-0.15, -0.1) is 0 Å². The van der Waals surface area contributed by atoms with Crippen LogP contribution in [0.15, 0.2) is 22.7 Å². The summed E-state index contributed by atoms with van der Waals surface area (Å²) in [6.07, 6.45) is 1.84. The zero-order chi connectivity index (χ0) is 13.4. The van der Waals surface area contributed by atoms with E-state index >= 15 is 0 Å². The molecule has 0 spiro atoms. The molecular formula is C13H17BrClNO2. The normalized spacial score (nSPS) is 10.4. The molecule has 0 aliphatic carbocycles. The van der Waals surface area contributed by atoms with E-state index in [-0.39, 0.29) is 5.91 Å². The Bertz CT molecular complexity index is 399. The first kappa shape index (κ1) is 15.5. The number of hydrogen-bond donors (Lipinski definition) is 1. The average Bonchev–Trinajstić information content (AvgIpc) is 2.36. The average molecular weight is 335 g/mol. The van der Waals surface area contributed by atoms with E-state index in [0.717, 1.165) is 23.9 Å². The van der Waals surface area contributed by atoms with Crippen molar-refractivity contribution in [1.29, 1.82) is 0 Å². The van der Waals surface area contributed by atoms with Gasteiger partial charge in [-0.1, -0.05) is 18.5 Å². The van der Waals surface area contributed by atoms with Crippen LogP contribution in [0.5, 0.6) is 0 Å². The number of nitrogens with one attached hydrogen (secondary N) is 1. The molecule has 0 fully saturated rings. The third-order valence-electron chi connectivity index (χ3n) is 2.28. The first-order valence-corrected chi connectivity index (χ1v) is 7.13. The molecule has 1 aromatic rings. The van der Waals surface area contributed by atoms with Crippen molar-refractivity contribution in [2.45, 2.75) is 19.8 Å². The third kappa shape index (κ3) is 5.38. The van der Waals surface area contributed by atoms with Crippen LogP contribution >= 0.6 is 27.5 Å². The molecule has 3 nitrogen and oxygen atoms in total. The third-order valence-corrected chi connectivity index (χ3v) is 3.50. The summed E-state index contributed by atoms with van der Waals surface area (Å²) in [7, 11) is 0. The molecule has 1 N–H and O–H groups in total. The van der Waals surface area contributed by atoms with Gasteiger partial charge < -0.3 is 10.1 Å². The second kappa shape index (κ2) is 8.51. The molecule has 0 aromatic heterocycles. The highest BCUT2D eigenvalue weighted by Gasteiger charge is 2.06. The van der Waals surface area contributed by atoms with Gasteiger partial charge in [-0.2, -0.15) is 0 Å². The number of carbonyl (C=O) groups is 1. The van der Waals surface area contributed by atoms with E-state index in [0.29, 0.717) is 23.7 Å². The number of benzene rings is 1. The highest BCUT2D eigenvalue weighted by molar-refractivity contribution is 9.10. The number of halogens is 2. The Morgan fingerprint density at radius 1 is 1.44 bits per heavy atom. The van der Waals surface area contributed by atoms with Gasteiger partial charge in [-0.25, -0.2) is 0 Å². The van der Waals surface area contributed by atoms with Crippen LogP contribution in [-0.2, 0) is 4.74 Å². The minimum atomic E-state index is -0.0946. The van der Waals surface area contributed by atoms with E-state index in [2.05, 4.69) is 28.2 Å². The summed E-state index contributed by atoms with van der Waals surface area (Å²) in [6, 6.07) is 5.12. The number of hydrogen-bond acceptors (Lipinski definition) is 2. The van der Waals surface area contributed by atoms with Crippen LogP contribution in [0.2, 0.25) is 5.02 Å². The summed E-state index contributed by atoms with van der Waals surface area (Å²) in [5.74, 6) is -0.0946. The molecule has 0 aliphatic heterocycles. The predicted octanol–water partition coefficient (Wildman–Crippen LogP) is 3.65. The van der Waals surface area contributed by atoms with Crippen LogP contribution in [0.4, 0.5) is 0 Å². The Morgan fingerprint density at radius 3 is 2.89 bits per heavy atom. The lowest BCUT2D eigenvalue weighted by molar-refractivity contribution is 0.0941. The second-order valence-electron chi connectivity index (χ2n) is 3.85. The van der Waals surface area contributed by atoms with Crippen LogP contribution in [0.3, 0.4) is 0 Å². The summed E-state index contributed by atoms with van der Waals surface area (Å²) >= 11 is 9.16. The van der Waals surface area contributed by atoms with E-state index in [9.17, 15) is 4.79 Å². The van der Waals surface area contributed by atoms with Gasteiger partial charge in [-0.3, -0.25) is 4.79 Å².